The molecule has 1 saturated carbocycles. The van der Waals surface area contributed by atoms with Gasteiger partial charge in [0.15, 0.2) is 5.16 Å². The van der Waals surface area contributed by atoms with Crippen LogP contribution in [0.25, 0.3) is 0 Å². The smallest absolute Gasteiger partial charge is 0.253 e. The highest BCUT2D eigenvalue weighted by Crippen LogP contribution is 2.43. The Morgan fingerprint density at radius 1 is 1.47 bits per heavy atom. The fraction of sp³-hybridized carbons (Fsp3) is 0.692. The van der Waals surface area contributed by atoms with Crippen molar-refractivity contribution >= 4 is 17.6 Å². The largest absolute Gasteiger partial charge is 0.383 e. The maximum absolute atomic E-state index is 11.4. The molecule has 1 atom stereocenters. The molecule has 2 aliphatic rings. The lowest BCUT2D eigenvalue weighted by molar-refractivity contribution is -0.0704. The molecule has 2 heterocycles. The van der Waals surface area contributed by atoms with Gasteiger partial charge in [-0.1, -0.05) is 24.6 Å². The van der Waals surface area contributed by atoms with Crippen LogP contribution in [0.1, 0.15) is 38.5 Å². The SMILES string of the molecule is Nc1cc(=O)[nH]c(SC2CCOC3(CCCC3)C2)n1. The first kappa shape index (κ1) is 13.0. The molecular formula is C13H19N3O2S. The van der Waals surface area contributed by atoms with Crippen molar-refractivity contribution in [1.82, 2.24) is 9.97 Å². The Kier molecular flexibility index (Phi) is 3.54. The third kappa shape index (κ3) is 2.95. The third-order valence-electron chi connectivity index (χ3n) is 3.98. The van der Waals surface area contributed by atoms with E-state index >= 15 is 0 Å². The molecule has 2 fully saturated rings. The Hall–Kier alpha value is -1.01. The Labute approximate surface area is 116 Å². The van der Waals surface area contributed by atoms with E-state index in [0.29, 0.717) is 10.4 Å². The number of hydrogen-bond donors (Lipinski definition) is 2. The molecule has 1 aromatic rings. The number of nitrogen functional groups attached to an aromatic ring is 1. The fourth-order valence-corrected chi connectivity index (χ4v) is 4.35. The normalized spacial score (nSPS) is 25.8. The maximum atomic E-state index is 11.4. The predicted octanol–water partition coefficient (Wildman–Crippen LogP) is 1.94. The van der Waals surface area contributed by atoms with Crippen LogP contribution in [0, 0.1) is 0 Å². The van der Waals surface area contributed by atoms with Gasteiger partial charge in [0.05, 0.1) is 5.60 Å². The summed E-state index contributed by atoms with van der Waals surface area (Å²) in [6.45, 7) is 0.810. The standard InChI is InChI=1S/C13H19N3O2S/c14-10-7-11(17)16-12(15-10)19-9-3-6-18-13(8-9)4-1-2-5-13/h7,9H,1-6,8H2,(H3,14,15,16,17). The Balaban J connectivity index is 1.70. The van der Waals surface area contributed by atoms with E-state index in [9.17, 15) is 4.79 Å². The number of rotatable bonds is 2. The Bertz CT molecular complexity index is 511. The van der Waals surface area contributed by atoms with Gasteiger partial charge in [0.25, 0.3) is 5.56 Å². The summed E-state index contributed by atoms with van der Waals surface area (Å²) in [6, 6.07) is 1.31. The van der Waals surface area contributed by atoms with Crippen LogP contribution in [0.2, 0.25) is 0 Å². The summed E-state index contributed by atoms with van der Waals surface area (Å²) in [5.74, 6) is 0.286. The van der Waals surface area contributed by atoms with Crippen molar-refractivity contribution in [2.45, 2.75) is 54.5 Å². The van der Waals surface area contributed by atoms with Crippen molar-refractivity contribution in [3.63, 3.8) is 0 Å². The Morgan fingerprint density at radius 2 is 2.26 bits per heavy atom. The van der Waals surface area contributed by atoms with Gasteiger partial charge in [-0.3, -0.25) is 4.79 Å². The summed E-state index contributed by atoms with van der Waals surface area (Å²) in [6.07, 6.45) is 6.94. The Morgan fingerprint density at radius 3 is 3.00 bits per heavy atom. The maximum Gasteiger partial charge on any atom is 0.253 e. The molecular weight excluding hydrogens is 262 g/mol. The zero-order valence-electron chi connectivity index (χ0n) is 10.9. The lowest BCUT2D eigenvalue weighted by atomic mass is 9.92. The van der Waals surface area contributed by atoms with E-state index in [-0.39, 0.29) is 17.0 Å². The van der Waals surface area contributed by atoms with E-state index in [0.717, 1.165) is 19.4 Å². The number of thioether (sulfide) groups is 1. The number of anilines is 1. The van der Waals surface area contributed by atoms with Crippen LogP contribution in [0.5, 0.6) is 0 Å². The van der Waals surface area contributed by atoms with E-state index in [1.165, 1.54) is 31.7 Å². The summed E-state index contributed by atoms with van der Waals surface area (Å²) in [5, 5.41) is 1.09. The van der Waals surface area contributed by atoms with Gasteiger partial charge in [0, 0.05) is 17.9 Å². The van der Waals surface area contributed by atoms with Gasteiger partial charge in [0.1, 0.15) is 5.82 Å². The highest BCUT2D eigenvalue weighted by Gasteiger charge is 2.40. The van der Waals surface area contributed by atoms with Crippen molar-refractivity contribution < 1.29 is 4.74 Å². The second-order valence-electron chi connectivity index (χ2n) is 5.45. The quantitative estimate of drug-likeness (QED) is 0.810. The molecule has 1 unspecified atom stereocenters. The molecule has 0 amide bonds. The lowest BCUT2D eigenvalue weighted by Gasteiger charge is -2.37. The molecule has 3 rings (SSSR count). The summed E-state index contributed by atoms with van der Waals surface area (Å²) in [4.78, 5) is 18.3. The number of nitrogens with one attached hydrogen (secondary N) is 1. The van der Waals surface area contributed by atoms with Gasteiger partial charge in [-0.05, 0) is 25.7 Å². The molecule has 6 heteroatoms. The number of nitrogens with two attached hydrogens (primary N) is 1. The molecule has 19 heavy (non-hydrogen) atoms. The monoisotopic (exact) mass is 281 g/mol. The second kappa shape index (κ2) is 5.17. The molecule has 1 spiro atoms. The molecule has 0 radical (unpaired) electrons. The van der Waals surface area contributed by atoms with Gasteiger partial charge in [-0.15, -0.1) is 0 Å². The van der Waals surface area contributed by atoms with Crippen LogP contribution in [0.4, 0.5) is 5.82 Å². The molecule has 3 N–H and O–H groups in total. The van der Waals surface area contributed by atoms with Crippen LogP contribution in [0.3, 0.4) is 0 Å². The van der Waals surface area contributed by atoms with E-state index in [4.69, 9.17) is 10.5 Å². The highest BCUT2D eigenvalue weighted by atomic mass is 32.2. The molecule has 1 aromatic heterocycles. The van der Waals surface area contributed by atoms with Crippen LogP contribution in [-0.4, -0.2) is 27.4 Å². The fourth-order valence-electron chi connectivity index (χ4n) is 3.12. The number of aromatic nitrogens is 2. The van der Waals surface area contributed by atoms with Crippen molar-refractivity contribution in [1.29, 1.82) is 0 Å². The number of aromatic amines is 1. The van der Waals surface area contributed by atoms with Crippen molar-refractivity contribution in [3.05, 3.63) is 16.4 Å². The predicted molar refractivity (Wildman–Crippen MR) is 75.3 cm³/mol. The number of ether oxygens (including phenoxy) is 1. The van der Waals surface area contributed by atoms with Crippen LogP contribution >= 0.6 is 11.8 Å². The second-order valence-corrected chi connectivity index (χ2v) is 6.74. The van der Waals surface area contributed by atoms with E-state index in [2.05, 4.69) is 9.97 Å². The first-order valence-corrected chi connectivity index (χ1v) is 7.71. The third-order valence-corrected chi connectivity index (χ3v) is 5.13. The number of hydrogen-bond acceptors (Lipinski definition) is 5. The minimum Gasteiger partial charge on any atom is -0.383 e. The van der Waals surface area contributed by atoms with Gasteiger partial charge < -0.3 is 15.5 Å². The van der Waals surface area contributed by atoms with Crippen molar-refractivity contribution in [2.24, 2.45) is 0 Å². The molecule has 5 nitrogen and oxygen atoms in total. The van der Waals surface area contributed by atoms with E-state index in [1.807, 2.05) is 0 Å². The molecule has 1 aliphatic heterocycles. The zero-order chi connectivity index (χ0) is 13.3. The molecule has 0 bridgehead atoms. The zero-order valence-corrected chi connectivity index (χ0v) is 11.7. The molecule has 1 saturated heterocycles. The van der Waals surface area contributed by atoms with Crippen LogP contribution < -0.4 is 11.3 Å². The average molecular weight is 281 g/mol. The molecule has 1 aliphatic carbocycles. The van der Waals surface area contributed by atoms with Gasteiger partial charge in [-0.2, -0.15) is 0 Å². The van der Waals surface area contributed by atoms with Crippen LogP contribution in [0.15, 0.2) is 16.0 Å². The minimum atomic E-state index is -0.183. The van der Waals surface area contributed by atoms with Crippen LogP contribution in [-0.2, 0) is 4.74 Å². The van der Waals surface area contributed by atoms with E-state index in [1.54, 1.807) is 11.8 Å². The lowest BCUT2D eigenvalue weighted by Crippen LogP contribution is -2.38. The average Bonchev–Trinajstić information content (AvgIpc) is 2.76. The number of H-pyrrole nitrogens is 1. The first-order chi connectivity index (χ1) is 9.15. The first-order valence-electron chi connectivity index (χ1n) is 6.83. The molecule has 0 aromatic carbocycles. The minimum absolute atomic E-state index is 0.0938. The van der Waals surface area contributed by atoms with Gasteiger partial charge in [-0.25, -0.2) is 4.98 Å². The van der Waals surface area contributed by atoms with Gasteiger partial charge >= 0.3 is 0 Å². The summed E-state index contributed by atoms with van der Waals surface area (Å²) in [5.41, 5.74) is 5.52. The van der Waals surface area contributed by atoms with Crippen molar-refractivity contribution in [3.8, 4) is 0 Å². The summed E-state index contributed by atoms with van der Waals surface area (Å²) < 4.78 is 6.01. The summed E-state index contributed by atoms with van der Waals surface area (Å²) in [7, 11) is 0. The highest BCUT2D eigenvalue weighted by molar-refractivity contribution is 7.99. The summed E-state index contributed by atoms with van der Waals surface area (Å²) >= 11 is 1.63. The topological polar surface area (TPSA) is 81.0 Å². The van der Waals surface area contributed by atoms with Crippen molar-refractivity contribution in [2.75, 3.05) is 12.3 Å². The van der Waals surface area contributed by atoms with E-state index < -0.39 is 0 Å². The number of nitrogens with zero attached hydrogens (tertiary/aromatic N) is 1. The molecule has 104 valence electrons. The van der Waals surface area contributed by atoms with Gasteiger partial charge in [0.2, 0.25) is 0 Å².